The summed E-state index contributed by atoms with van der Waals surface area (Å²) in [6.07, 6.45) is 0. The standard InChI is InChI=1S/C22H20ClFN2O3/c23-20-14-17(8-11-21(20)24)26-22(27)15-25-16-6-9-19(10-7-16)29-13-12-28-18-4-2-1-3-5-18/h1-11,14,25H,12-13,15H2,(H,26,27). The lowest BCUT2D eigenvalue weighted by Gasteiger charge is -2.10. The van der Waals surface area contributed by atoms with Gasteiger partial charge in [0.1, 0.15) is 30.5 Å². The van der Waals surface area contributed by atoms with Crippen LogP contribution >= 0.6 is 11.6 Å². The number of amides is 1. The van der Waals surface area contributed by atoms with E-state index >= 15 is 0 Å². The molecule has 3 aromatic carbocycles. The Morgan fingerprint density at radius 3 is 2.14 bits per heavy atom. The van der Waals surface area contributed by atoms with Crippen molar-refractivity contribution in [2.45, 2.75) is 0 Å². The Balaban J connectivity index is 1.38. The van der Waals surface area contributed by atoms with Crippen LogP contribution in [0.1, 0.15) is 0 Å². The van der Waals surface area contributed by atoms with Crippen LogP contribution in [0.15, 0.2) is 72.8 Å². The van der Waals surface area contributed by atoms with Crippen molar-refractivity contribution >= 4 is 28.9 Å². The number of hydrogen-bond acceptors (Lipinski definition) is 4. The van der Waals surface area contributed by atoms with Crippen LogP contribution in [0, 0.1) is 5.82 Å². The molecule has 1 amide bonds. The summed E-state index contributed by atoms with van der Waals surface area (Å²) in [6, 6.07) is 20.8. The molecule has 0 radical (unpaired) electrons. The second-order valence-corrected chi connectivity index (χ2v) is 6.47. The Kier molecular flexibility index (Phi) is 7.30. The van der Waals surface area contributed by atoms with Gasteiger partial charge in [-0.2, -0.15) is 0 Å². The molecule has 0 saturated heterocycles. The van der Waals surface area contributed by atoms with E-state index in [1.807, 2.05) is 54.6 Å². The van der Waals surface area contributed by atoms with Gasteiger partial charge in [-0.3, -0.25) is 4.79 Å². The van der Waals surface area contributed by atoms with Crippen LogP contribution in [0.4, 0.5) is 15.8 Å². The molecule has 0 aliphatic heterocycles. The van der Waals surface area contributed by atoms with Gasteiger partial charge in [0.2, 0.25) is 5.91 Å². The maximum Gasteiger partial charge on any atom is 0.243 e. The Labute approximate surface area is 173 Å². The predicted molar refractivity (Wildman–Crippen MR) is 112 cm³/mol. The summed E-state index contributed by atoms with van der Waals surface area (Å²) in [5.41, 5.74) is 1.20. The van der Waals surface area contributed by atoms with Crippen molar-refractivity contribution in [1.29, 1.82) is 0 Å². The van der Waals surface area contributed by atoms with E-state index < -0.39 is 5.82 Å². The van der Waals surface area contributed by atoms with Gasteiger partial charge in [0, 0.05) is 11.4 Å². The lowest BCUT2D eigenvalue weighted by molar-refractivity contribution is -0.114. The van der Waals surface area contributed by atoms with E-state index in [1.165, 1.54) is 18.2 Å². The van der Waals surface area contributed by atoms with Gasteiger partial charge in [-0.1, -0.05) is 29.8 Å². The van der Waals surface area contributed by atoms with E-state index in [0.29, 0.717) is 24.7 Å². The number of ether oxygens (including phenoxy) is 2. The van der Waals surface area contributed by atoms with Crippen molar-refractivity contribution in [3.05, 3.63) is 83.6 Å². The number of nitrogens with one attached hydrogen (secondary N) is 2. The van der Waals surface area contributed by atoms with Crippen LogP contribution < -0.4 is 20.1 Å². The van der Waals surface area contributed by atoms with Gasteiger partial charge in [-0.25, -0.2) is 4.39 Å². The maximum atomic E-state index is 13.1. The van der Waals surface area contributed by atoms with Crippen molar-refractivity contribution in [1.82, 2.24) is 0 Å². The third kappa shape index (κ3) is 6.69. The molecule has 2 N–H and O–H groups in total. The van der Waals surface area contributed by atoms with Crippen LogP contribution in [0.2, 0.25) is 5.02 Å². The molecule has 5 nitrogen and oxygen atoms in total. The van der Waals surface area contributed by atoms with Crippen LogP contribution in [0.25, 0.3) is 0 Å². The number of halogens is 2. The van der Waals surface area contributed by atoms with Crippen molar-refractivity contribution in [2.75, 3.05) is 30.4 Å². The molecule has 0 aliphatic carbocycles. The second kappa shape index (κ2) is 10.3. The molecule has 0 bridgehead atoms. The van der Waals surface area contributed by atoms with Crippen molar-refractivity contribution in [2.24, 2.45) is 0 Å². The number of carbonyl (C=O) groups excluding carboxylic acids is 1. The van der Waals surface area contributed by atoms with E-state index in [-0.39, 0.29) is 17.5 Å². The lowest BCUT2D eigenvalue weighted by Crippen LogP contribution is -2.21. The number of rotatable bonds is 9. The number of anilines is 2. The van der Waals surface area contributed by atoms with Gasteiger partial charge in [0.25, 0.3) is 0 Å². The molecule has 0 heterocycles. The molecule has 150 valence electrons. The Morgan fingerprint density at radius 1 is 0.862 bits per heavy atom. The largest absolute Gasteiger partial charge is 0.490 e. The summed E-state index contributed by atoms with van der Waals surface area (Å²) in [4.78, 5) is 12.0. The lowest BCUT2D eigenvalue weighted by atomic mass is 10.3. The first kappa shape index (κ1) is 20.5. The molecular formula is C22H20ClFN2O3. The first-order chi connectivity index (χ1) is 14.1. The minimum absolute atomic E-state index is 0.0412. The van der Waals surface area contributed by atoms with Crippen molar-refractivity contribution < 1.29 is 18.7 Å². The fourth-order valence-corrected chi connectivity index (χ4v) is 2.65. The molecule has 7 heteroatoms. The summed E-state index contributed by atoms with van der Waals surface area (Å²) in [6.45, 7) is 0.919. The summed E-state index contributed by atoms with van der Waals surface area (Å²) < 4.78 is 24.3. The summed E-state index contributed by atoms with van der Waals surface area (Å²) in [5.74, 6) is 0.706. The molecule has 0 aromatic heterocycles. The van der Waals surface area contributed by atoms with E-state index in [2.05, 4.69) is 10.6 Å². The molecule has 3 aromatic rings. The van der Waals surface area contributed by atoms with Gasteiger partial charge in [0.15, 0.2) is 0 Å². The zero-order valence-corrected chi connectivity index (χ0v) is 16.3. The molecule has 3 rings (SSSR count). The first-order valence-electron chi connectivity index (χ1n) is 8.99. The molecule has 0 saturated carbocycles. The van der Waals surface area contributed by atoms with Crippen molar-refractivity contribution in [3.8, 4) is 11.5 Å². The molecule has 0 unspecified atom stereocenters. The number of benzene rings is 3. The van der Waals surface area contributed by atoms with Crippen LogP contribution in [0.3, 0.4) is 0 Å². The third-order valence-corrected chi connectivity index (χ3v) is 4.16. The molecule has 0 atom stereocenters. The topological polar surface area (TPSA) is 59.6 Å². The quantitative estimate of drug-likeness (QED) is 0.484. The van der Waals surface area contributed by atoms with E-state index in [9.17, 15) is 9.18 Å². The highest BCUT2D eigenvalue weighted by atomic mass is 35.5. The zero-order valence-electron chi connectivity index (χ0n) is 15.5. The Morgan fingerprint density at radius 2 is 1.48 bits per heavy atom. The molecule has 29 heavy (non-hydrogen) atoms. The highest BCUT2D eigenvalue weighted by Crippen LogP contribution is 2.19. The minimum Gasteiger partial charge on any atom is -0.490 e. The van der Waals surface area contributed by atoms with Gasteiger partial charge in [-0.15, -0.1) is 0 Å². The monoisotopic (exact) mass is 414 g/mol. The predicted octanol–water partition coefficient (Wildman–Crippen LogP) is 4.99. The second-order valence-electron chi connectivity index (χ2n) is 6.06. The summed E-state index contributed by atoms with van der Waals surface area (Å²) in [7, 11) is 0. The SMILES string of the molecule is O=C(CNc1ccc(OCCOc2ccccc2)cc1)Nc1ccc(F)c(Cl)c1. The van der Waals surface area contributed by atoms with E-state index in [4.69, 9.17) is 21.1 Å². The first-order valence-corrected chi connectivity index (χ1v) is 9.37. The van der Waals surface area contributed by atoms with Gasteiger partial charge in [0.05, 0.1) is 11.6 Å². The smallest absolute Gasteiger partial charge is 0.243 e. The normalized spacial score (nSPS) is 10.3. The Hall–Kier alpha value is -3.25. The molecule has 0 fully saturated rings. The molecule has 0 spiro atoms. The fraction of sp³-hybridized carbons (Fsp3) is 0.136. The average molecular weight is 415 g/mol. The van der Waals surface area contributed by atoms with Crippen LogP contribution in [-0.2, 0) is 4.79 Å². The minimum atomic E-state index is -0.531. The highest BCUT2D eigenvalue weighted by Gasteiger charge is 2.05. The van der Waals surface area contributed by atoms with E-state index in [0.717, 1.165) is 11.4 Å². The molecular weight excluding hydrogens is 395 g/mol. The van der Waals surface area contributed by atoms with Gasteiger partial charge < -0.3 is 20.1 Å². The number of para-hydroxylation sites is 1. The maximum absolute atomic E-state index is 13.1. The molecule has 0 aliphatic rings. The van der Waals surface area contributed by atoms with Crippen LogP contribution in [-0.4, -0.2) is 25.7 Å². The number of hydrogen-bond donors (Lipinski definition) is 2. The highest BCUT2D eigenvalue weighted by molar-refractivity contribution is 6.31. The third-order valence-electron chi connectivity index (χ3n) is 3.87. The van der Waals surface area contributed by atoms with Crippen molar-refractivity contribution in [3.63, 3.8) is 0 Å². The van der Waals surface area contributed by atoms with Gasteiger partial charge in [-0.05, 0) is 54.6 Å². The summed E-state index contributed by atoms with van der Waals surface area (Å²) >= 11 is 5.70. The summed E-state index contributed by atoms with van der Waals surface area (Å²) in [5, 5.41) is 5.61. The Bertz CT molecular complexity index is 937. The fourth-order valence-electron chi connectivity index (χ4n) is 2.47. The average Bonchev–Trinajstić information content (AvgIpc) is 2.74. The van der Waals surface area contributed by atoms with Gasteiger partial charge >= 0.3 is 0 Å². The van der Waals surface area contributed by atoms with Crippen LogP contribution in [0.5, 0.6) is 11.5 Å². The zero-order chi connectivity index (χ0) is 20.5. The number of carbonyl (C=O) groups is 1. The van der Waals surface area contributed by atoms with E-state index in [1.54, 1.807) is 0 Å².